The Bertz CT molecular complexity index is 757. The monoisotopic (exact) mass is 304 g/mol. The van der Waals surface area contributed by atoms with Crippen LogP contribution in [0.25, 0.3) is 10.9 Å². The molecule has 1 unspecified atom stereocenters. The van der Waals surface area contributed by atoms with Gasteiger partial charge in [-0.3, -0.25) is 4.98 Å². The van der Waals surface area contributed by atoms with Crippen LogP contribution >= 0.6 is 0 Å². The molecule has 0 radical (unpaired) electrons. The van der Waals surface area contributed by atoms with Crippen LogP contribution < -0.4 is 5.32 Å². The molecule has 1 heterocycles. The Morgan fingerprint density at radius 3 is 2.57 bits per heavy atom. The quantitative estimate of drug-likeness (QED) is 0.717. The van der Waals surface area contributed by atoms with Gasteiger partial charge in [-0.05, 0) is 37.0 Å². The minimum absolute atomic E-state index is 0.483. The number of rotatable bonds is 6. The van der Waals surface area contributed by atoms with Gasteiger partial charge < -0.3 is 5.32 Å². The first kappa shape index (κ1) is 15.7. The van der Waals surface area contributed by atoms with E-state index in [9.17, 15) is 0 Å². The number of benzene rings is 2. The van der Waals surface area contributed by atoms with Crippen molar-refractivity contribution in [3.8, 4) is 0 Å². The number of para-hydroxylation sites is 1. The van der Waals surface area contributed by atoms with Crippen molar-refractivity contribution in [2.24, 2.45) is 0 Å². The van der Waals surface area contributed by atoms with Gasteiger partial charge in [-0.2, -0.15) is 0 Å². The van der Waals surface area contributed by atoms with Crippen molar-refractivity contribution in [1.82, 2.24) is 10.3 Å². The van der Waals surface area contributed by atoms with Gasteiger partial charge in [0.2, 0.25) is 0 Å². The summed E-state index contributed by atoms with van der Waals surface area (Å²) in [7, 11) is 0. The summed E-state index contributed by atoms with van der Waals surface area (Å²) < 4.78 is 0. The van der Waals surface area contributed by atoms with E-state index in [-0.39, 0.29) is 0 Å². The van der Waals surface area contributed by atoms with Gasteiger partial charge in [-0.1, -0.05) is 61.0 Å². The van der Waals surface area contributed by atoms with Crippen LogP contribution in [0.3, 0.4) is 0 Å². The van der Waals surface area contributed by atoms with Crippen molar-refractivity contribution in [2.45, 2.75) is 39.3 Å². The lowest BCUT2D eigenvalue weighted by Gasteiger charge is -2.18. The molecule has 2 aromatic carbocycles. The Morgan fingerprint density at radius 2 is 1.78 bits per heavy atom. The maximum atomic E-state index is 4.54. The highest BCUT2D eigenvalue weighted by molar-refractivity contribution is 5.81. The van der Waals surface area contributed by atoms with E-state index in [1.165, 1.54) is 22.1 Å². The van der Waals surface area contributed by atoms with Crippen LogP contribution in [-0.2, 0) is 13.0 Å². The van der Waals surface area contributed by atoms with Crippen molar-refractivity contribution in [1.29, 1.82) is 0 Å². The van der Waals surface area contributed by atoms with Crippen molar-refractivity contribution >= 4 is 10.9 Å². The van der Waals surface area contributed by atoms with Gasteiger partial charge >= 0.3 is 0 Å². The Labute approximate surface area is 138 Å². The molecule has 0 fully saturated rings. The first-order chi connectivity index (χ1) is 11.3. The number of nitrogens with zero attached hydrogens (tertiary/aromatic N) is 1. The van der Waals surface area contributed by atoms with Gasteiger partial charge in [0.15, 0.2) is 0 Å². The number of aromatic nitrogens is 1. The van der Waals surface area contributed by atoms with Gasteiger partial charge in [-0.15, -0.1) is 0 Å². The predicted octanol–water partition coefficient (Wildman–Crippen LogP) is 4.65. The SMILES string of the molecule is CCC(Cc1ccc(C)cc1)NCc1cccc2cccnc12. The smallest absolute Gasteiger partial charge is 0.0746 e. The fourth-order valence-corrected chi connectivity index (χ4v) is 2.93. The number of hydrogen-bond donors (Lipinski definition) is 1. The van der Waals surface area contributed by atoms with Crippen LogP contribution in [0.15, 0.2) is 60.8 Å². The van der Waals surface area contributed by atoms with Crippen LogP contribution in [0.4, 0.5) is 0 Å². The fourth-order valence-electron chi connectivity index (χ4n) is 2.93. The van der Waals surface area contributed by atoms with Crippen molar-refractivity contribution in [3.63, 3.8) is 0 Å². The Kier molecular flexibility index (Phi) is 5.04. The largest absolute Gasteiger partial charge is 0.310 e. The van der Waals surface area contributed by atoms with Crippen LogP contribution in [0.5, 0.6) is 0 Å². The van der Waals surface area contributed by atoms with Crippen molar-refractivity contribution in [2.75, 3.05) is 0 Å². The minimum Gasteiger partial charge on any atom is -0.310 e. The maximum Gasteiger partial charge on any atom is 0.0746 e. The third-order valence-corrected chi connectivity index (χ3v) is 4.39. The third kappa shape index (κ3) is 3.96. The highest BCUT2D eigenvalue weighted by Gasteiger charge is 2.08. The minimum atomic E-state index is 0.483. The number of fused-ring (bicyclic) bond motifs is 1. The molecule has 1 N–H and O–H groups in total. The summed E-state index contributed by atoms with van der Waals surface area (Å²) in [5.74, 6) is 0. The number of aryl methyl sites for hydroxylation is 1. The zero-order chi connectivity index (χ0) is 16.1. The Hall–Kier alpha value is -2.19. The number of nitrogens with one attached hydrogen (secondary N) is 1. The van der Waals surface area contributed by atoms with Crippen molar-refractivity contribution < 1.29 is 0 Å². The molecule has 1 atom stereocenters. The molecule has 0 aliphatic heterocycles. The van der Waals surface area contributed by atoms with Gasteiger partial charge in [0.05, 0.1) is 5.52 Å². The molecule has 23 heavy (non-hydrogen) atoms. The van der Waals surface area contributed by atoms with Crippen LogP contribution in [0, 0.1) is 6.92 Å². The summed E-state index contributed by atoms with van der Waals surface area (Å²) in [6.07, 6.45) is 4.05. The summed E-state index contributed by atoms with van der Waals surface area (Å²) in [5, 5.41) is 4.91. The second kappa shape index (κ2) is 7.38. The zero-order valence-corrected chi connectivity index (χ0v) is 13.9. The van der Waals surface area contributed by atoms with E-state index in [0.717, 1.165) is 24.9 Å². The zero-order valence-electron chi connectivity index (χ0n) is 13.9. The third-order valence-electron chi connectivity index (χ3n) is 4.39. The fraction of sp³-hybridized carbons (Fsp3) is 0.286. The lowest BCUT2D eigenvalue weighted by atomic mass is 10.0. The van der Waals surface area contributed by atoms with Gasteiger partial charge in [0, 0.05) is 24.2 Å². The molecule has 118 valence electrons. The van der Waals surface area contributed by atoms with E-state index in [0.29, 0.717) is 6.04 Å². The lowest BCUT2D eigenvalue weighted by Crippen LogP contribution is -2.30. The van der Waals surface area contributed by atoms with Crippen LogP contribution in [0.2, 0.25) is 0 Å². The molecule has 0 bridgehead atoms. The topological polar surface area (TPSA) is 24.9 Å². The first-order valence-electron chi connectivity index (χ1n) is 8.38. The second-order valence-electron chi connectivity index (χ2n) is 6.17. The summed E-state index contributed by atoms with van der Waals surface area (Å²) >= 11 is 0. The normalized spacial score (nSPS) is 12.4. The number of pyridine rings is 1. The Balaban J connectivity index is 1.68. The highest BCUT2D eigenvalue weighted by atomic mass is 14.9. The van der Waals surface area contributed by atoms with Crippen LogP contribution in [0.1, 0.15) is 30.0 Å². The molecule has 0 aliphatic rings. The molecule has 0 saturated carbocycles. The van der Waals surface area contributed by atoms with Gasteiger partial charge in [-0.25, -0.2) is 0 Å². The first-order valence-corrected chi connectivity index (χ1v) is 8.38. The second-order valence-corrected chi connectivity index (χ2v) is 6.17. The molecule has 3 rings (SSSR count). The maximum absolute atomic E-state index is 4.54. The average molecular weight is 304 g/mol. The predicted molar refractivity (Wildman–Crippen MR) is 97.5 cm³/mol. The molecule has 0 spiro atoms. The molecular formula is C21H24N2. The molecule has 1 aromatic heterocycles. The van der Waals surface area contributed by atoms with Crippen LogP contribution in [-0.4, -0.2) is 11.0 Å². The molecule has 0 aliphatic carbocycles. The van der Waals surface area contributed by atoms with E-state index in [1.54, 1.807) is 0 Å². The van der Waals surface area contributed by atoms with E-state index in [2.05, 4.69) is 72.7 Å². The Morgan fingerprint density at radius 1 is 1.00 bits per heavy atom. The molecule has 2 nitrogen and oxygen atoms in total. The summed E-state index contributed by atoms with van der Waals surface area (Å²) in [4.78, 5) is 4.54. The molecule has 2 heteroatoms. The highest BCUT2D eigenvalue weighted by Crippen LogP contribution is 2.16. The van der Waals surface area contributed by atoms with Gasteiger partial charge in [0.1, 0.15) is 0 Å². The van der Waals surface area contributed by atoms with E-state index in [1.807, 2.05) is 12.3 Å². The summed E-state index contributed by atoms with van der Waals surface area (Å²) in [5.41, 5.74) is 5.08. The molecule has 3 aromatic rings. The van der Waals surface area contributed by atoms with E-state index in [4.69, 9.17) is 0 Å². The molecular weight excluding hydrogens is 280 g/mol. The van der Waals surface area contributed by atoms with Gasteiger partial charge in [0.25, 0.3) is 0 Å². The van der Waals surface area contributed by atoms with E-state index < -0.39 is 0 Å². The summed E-state index contributed by atoms with van der Waals surface area (Å²) in [6, 6.07) is 19.8. The number of hydrogen-bond acceptors (Lipinski definition) is 2. The average Bonchev–Trinajstić information content (AvgIpc) is 2.60. The summed E-state index contributed by atoms with van der Waals surface area (Å²) in [6.45, 7) is 5.23. The standard InChI is InChI=1S/C21H24N2/c1-3-20(14-17-11-9-16(2)10-12-17)23-15-19-7-4-6-18-8-5-13-22-21(18)19/h4-13,20,23H,3,14-15H2,1-2H3. The van der Waals surface area contributed by atoms with E-state index >= 15 is 0 Å². The lowest BCUT2D eigenvalue weighted by molar-refractivity contribution is 0.495. The van der Waals surface area contributed by atoms with Crippen molar-refractivity contribution in [3.05, 3.63) is 77.5 Å². The molecule has 0 amide bonds. The molecule has 0 saturated heterocycles.